The number of nitrogens with zero attached hydrogens (tertiary/aromatic N) is 2. The van der Waals surface area contributed by atoms with Gasteiger partial charge in [0, 0.05) is 6.54 Å². The lowest BCUT2D eigenvalue weighted by molar-refractivity contribution is 0.0905. The van der Waals surface area contributed by atoms with Crippen molar-refractivity contribution in [2.45, 2.75) is 31.8 Å². The largest absolute Gasteiger partial charge is 0.393 e. The van der Waals surface area contributed by atoms with E-state index in [2.05, 4.69) is 15.3 Å². The summed E-state index contributed by atoms with van der Waals surface area (Å²) in [5.41, 5.74) is 0.273. The summed E-state index contributed by atoms with van der Waals surface area (Å²) in [4.78, 5) is 19.5. The van der Waals surface area contributed by atoms with Crippen molar-refractivity contribution in [3.63, 3.8) is 0 Å². The van der Waals surface area contributed by atoms with E-state index < -0.39 is 0 Å². The van der Waals surface area contributed by atoms with E-state index in [1.165, 1.54) is 12.4 Å². The summed E-state index contributed by atoms with van der Waals surface area (Å²) in [7, 11) is 0. The number of aliphatic hydroxyl groups is 1. The summed E-state index contributed by atoms with van der Waals surface area (Å²) in [6.45, 7) is 0.621. The molecule has 6 heteroatoms. The van der Waals surface area contributed by atoms with Crippen LogP contribution < -0.4 is 5.32 Å². The Labute approximate surface area is 111 Å². The van der Waals surface area contributed by atoms with Crippen molar-refractivity contribution >= 4 is 17.5 Å². The molecule has 1 aromatic rings. The molecule has 1 aliphatic carbocycles. The molecule has 5 nitrogen and oxygen atoms in total. The molecular weight excluding hydrogens is 254 g/mol. The van der Waals surface area contributed by atoms with Crippen LogP contribution in [0.3, 0.4) is 0 Å². The van der Waals surface area contributed by atoms with Gasteiger partial charge in [0.15, 0.2) is 0 Å². The van der Waals surface area contributed by atoms with Crippen LogP contribution in [0.5, 0.6) is 0 Å². The van der Waals surface area contributed by atoms with E-state index in [0.29, 0.717) is 12.5 Å². The van der Waals surface area contributed by atoms with Crippen LogP contribution in [0, 0.1) is 5.92 Å². The molecule has 18 heavy (non-hydrogen) atoms. The van der Waals surface area contributed by atoms with Crippen LogP contribution in [0.2, 0.25) is 5.15 Å². The maximum absolute atomic E-state index is 11.8. The van der Waals surface area contributed by atoms with Gasteiger partial charge < -0.3 is 10.4 Å². The summed E-state index contributed by atoms with van der Waals surface area (Å²) in [6, 6.07) is 0. The molecular formula is C12H16ClN3O2. The number of aromatic nitrogens is 2. The van der Waals surface area contributed by atoms with Crippen LogP contribution >= 0.6 is 11.6 Å². The molecule has 1 aromatic heterocycles. The lowest BCUT2D eigenvalue weighted by atomic mass is 9.87. The monoisotopic (exact) mass is 269 g/mol. The molecule has 0 aliphatic heterocycles. The van der Waals surface area contributed by atoms with E-state index in [9.17, 15) is 9.90 Å². The summed E-state index contributed by atoms with van der Waals surface area (Å²) >= 11 is 5.60. The van der Waals surface area contributed by atoms with E-state index >= 15 is 0 Å². The third-order valence-electron chi connectivity index (χ3n) is 3.22. The molecule has 0 saturated heterocycles. The Bertz CT molecular complexity index is 402. The third-order valence-corrected chi connectivity index (χ3v) is 3.42. The van der Waals surface area contributed by atoms with Gasteiger partial charge in [0.1, 0.15) is 10.8 Å². The number of carbonyl (C=O) groups is 1. The van der Waals surface area contributed by atoms with Gasteiger partial charge in [-0.15, -0.1) is 0 Å². The number of nitrogens with one attached hydrogen (secondary N) is 1. The summed E-state index contributed by atoms with van der Waals surface area (Å²) < 4.78 is 0. The Kier molecular flexibility index (Phi) is 4.49. The minimum atomic E-state index is -0.231. The van der Waals surface area contributed by atoms with Gasteiger partial charge in [-0.2, -0.15) is 0 Å². The predicted octanol–water partition coefficient (Wildman–Crippen LogP) is 1.41. The van der Waals surface area contributed by atoms with Crippen molar-refractivity contribution in [2.75, 3.05) is 6.54 Å². The molecule has 1 aliphatic rings. The van der Waals surface area contributed by atoms with Gasteiger partial charge in [-0.3, -0.25) is 4.79 Å². The Hall–Kier alpha value is -1.20. The highest BCUT2D eigenvalue weighted by molar-refractivity contribution is 6.29. The maximum atomic E-state index is 11.8. The zero-order chi connectivity index (χ0) is 13.0. The molecule has 1 fully saturated rings. The van der Waals surface area contributed by atoms with E-state index in [-0.39, 0.29) is 22.9 Å². The van der Waals surface area contributed by atoms with Gasteiger partial charge in [-0.1, -0.05) is 11.6 Å². The standard InChI is InChI=1S/C12H16ClN3O2/c13-11-7-14-10(6-15-11)12(18)16-5-8-1-3-9(17)4-2-8/h6-9,17H,1-5H2,(H,16,18). The van der Waals surface area contributed by atoms with Gasteiger partial charge in [-0.05, 0) is 31.6 Å². The molecule has 0 bridgehead atoms. The highest BCUT2D eigenvalue weighted by Crippen LogP contribution is 2.23. The van der Waals surface area contributed by atoms with E-state index in [1.807, 2.05) is 0 Å². The van der Waals surface area contributed by atoms with Gasteiger partial charge in [0.2, 0.25) is 0 Å². The highest BCUT2D eigenvalue weighted by atomic mass is 35.5. The quantitative estimate of drug-likeness (QED) is 0.870. The van der Waals surface area contributed by atoms with Crippen LogP contribution in [-0.4, -0.2) is 33.6 Å². The molecule has 2 rings (SSSR count). The number of hydrogen-bond donors (Lipinski definition) is 2. The number of aliphatic hydroxyl groups excluding tert-OH is 1. The van der Waals surface area contributed by atoms with Gasteiger partial charge in [0.25, 0.3) is 5.91 Å². The first kappa shape index (κ1) is 13.2. The molecule has 98 valence electrons. The number of rotatable bonds is 3. The predicted molar refractivity (Wildman–Crippen MR) is 67.3 cm³/mol. The lowest BCUT2D eigenvalue weighted by Crippen LogP contribution is -2.32. The van der Waals surface area contributed by atoms with Crippen molar-refractivity contribution in [2.24, 2.45) is 5.92 Å². The lowest BCUT2D eigenvalue weighted by Gasteiger charge is -2.25. The molecule has 1 heterocycles. The SMILES string of the molecule is O=C(NCC1CCC(O)CC1)c1cnc(Cl)cn1. The molecule has 0 radical (unpaired) electrons. The van der Waals surface area contributed by atoms with Crippen LogP contribution in [0.25, 0.3) is 0 Å². The molecule has 2 N–H and O–H groups in total. The number of halogens is 1. The van der Waals surface area contributed by atoms with Crippen LogP contribution in [-0.2, 0) is 0 Å². The third kappa shape index (κ3) is 3.65. The fourth-order valence-corrected chi connectivity index (χ4v) is 2.20. The Morgan fingerprint density at radius 3 is 2.67 bits per heavy atom. The molecule has 0 atom stereocenters. The normalized spacial score (nSPS) is 23.7. The van der Waals surface area contributed by atoms with E-state index in [4.69, 9.17) is 11.6 Å². The second kappa shape index (κ2) is 6.11. The van der Waals surface area contributed by atoms with Crippen molar-refractivity contribution in [1.29, 1.82) is 0 Å². The summed E-state index contributed by atoms with van der Waals surface area (Å²) in [5.74, 6) is 0.211. The van der Waals surface area contributed by atoms with Gasteiger partial charge in [-0.25, -0.2) is 9.97 Å². The zero-order valence-electron chi connectivity index (χ0n) is 9.97. The smallest absolute Gasteiger partial charge is 0.271 e. The topological polar surface area (TPSA) is 75.1 Å². The summed E-state index contributed by atoms with van der Waals surface area (Å²) in [6.07, 6.45) is 6.10. The Morgan fingerprint density at radius 1 is 1.33 bits per heavy atom. The second-order valence-electron chi connectivity index (χ2n) is 4.61. The average Bonchev–Trinajstić information content (AvgIpc) is 2.38. The van der Waals surface area contributed by atoms with Crippen LogP contribution in [0.4, 0.5) is 0 Å². The number of amides is 1. The average molecular weight is 270 g/mol. The molecule has 0 aromatic carbocycles. The first-order chi connectivity index (χ1) is 8.65. The van der Waals surface area contributed by atoms with Crippen LogP contribution in [0.15, 0.2) is 12.4 Å². The molecule has 0 unspecified atom stereocenters. The highest BCUT2D eigenvalue weighted by Gasteiger charge is 2.20. The van der Waals surface area contributed by atoms with Crippen molar-refractivity contribution in [3.05, 3.63) is 23.2 Å². The first-order valence-corrected chi connectivity index (χ1v) is 6.47. The first-order valence-electron chi connectivity index (χ1n) is 6.09. The van der Waals surface area contributed by atoms with E-state index in [1.54, 1.807) is 0 Å². The van der Waals surface area contributed by atoms with Crippen molar-refractivity contribution < 1.29 is 9.90 Å². The minimum absolute atomic E-state index is 0.168. The number of carbonyl (C=O) groups excluding carboxylic acids is 1. The van der Waals surface area contributed by atoms with Gasteiger partial charge in [0.05, 0.1) is 18.5 Å². The summed E-state index contributed by atoms with van der Waals surface area (Å²) in [5, 5.41) is 12.5. The zero-order valence-corrected chi connectivity index (χ0v) is 10.7. The van der Waals surface area contributed by atoms with Gasteiger partial charge >= 0.3 is 0 Å². The maximum Gasteiger partial charge on any atom is 0.271 e. The number of hydrogen-bond acceptors (Lipinski definition) is 4. The molecule has 1 amide bonds. The second-order valence-corrected chi connectivity index (χ2v) is 5.00. The van der Waals surface area contributed by atoms with Crippen molar-refractivity contribution in [1.82, 2.24) is 15.3 Å². The molecule has 0 spiro atoms. The Morgan fingerprint density at radius 2 is 2.06 bits per heavy atom. The van der Waals surface area contributed by atoms with Crippen LogP contribution in [0.1, 0.15) is 36.2 Å². The minimum Gasteiger partial charge on any atom is -0.393 e. The fraction of sp³-hybridized carbons (Fsp3) is 0.583. The fourth-order valence-electron chi connectivity index (χ4n) is 2.11. The van der Waals surface area contributed by atoms with E-state index in [0.717, 1.165) is 25.7 Å². The Balaban J connectivity index is 1.79. The molecule has 1 saturated carbocycles. The van der Waals surface area contributed by atoms with Crippen molar-refractivity contribution in [3.8, 4) is 0 Å².